The maximum atomic E-state index is 12.7. The summed E-state index contributed by atoms with van der Waals surface area (Å²) in [6.07, 6.45) is 6.81. The SMILES string of the molecule is O=C(C1CCCO1)N1CCCC2(COCCN(CC3CC3)C2)C1. The van der Waals surface area contributed by atoms with Crippen LogP contribution >= 0.6 is 0 Å². The van der Waals surface area contributed by atoms with E-state index in [4.69, 9.17) is 9.47 Å². The van der Waals surface area contributed by atoms with Crippen LogP contribution in [-0.2, 0) is 14.3 Å². The molecule has 2 atom stereocenters. The second-order valence-corrected chi connectivity index (χ2v) is 8.10. The molecule has 1 spiro atoms. The lowest BCUT2D eigenvalue weighted by atomic mass is 9.79. The Kier molecular flexibility index (Phi) is 4.61. The van der Waals surface area contributed by atoms with Gasteiger partial charge in [-0.25, -0.2) is 0 Å². The Morgan fingerprint density at radius 2 is 2.00 bits per heavy atom. The first-order valence-electron chi connectivity index (χ1n) is 9.45. The fraction of sp³-hybridized carbons (Fsp3) is 0.944. The molecule has 0 bridgehead atoms. The summed E-state index contributed by atoms with van der Waals surface area (Å²) in [6, 6.07) is 0. The molecule has 4 rings (SSSR count). The van der Waals surface area contributed by atoms with Gasteiger partial charge < -0.3 is 19.3 Å². The molecule has 4 aliphatic rings. The lowest BCUT2D eigenvalue weighted by Gasteiger charge is -2.44. The van der Waals surface area contributed by atoms with Crippen molar-refractivity contribution in [3.8, 4) is 0 Å². The topological polar surface area (TPSA) is 42.0 Å². The number of nitrogens with zero attached hydrogens (tertiary/aromatic N) is 2. The van der Waals surface area contributed by atoms with Crippen molar-refractivity contribution in [3.05, 3.63) is 0 Å². The maximum Gasteiger partial charge on any atom is 0.251 e. The number of rotatable bonds is 3. The third-order valence-electron chi connectivity index (χ3n) is 5.91. The number of hydrogen-bond donors (Lipinski definition) is 0. The van der Waals surface area contributed by atoms with Gasteiger partial charge >= 0.3 is 0 Å². The van der Waals surface area contributed by atoms with E-state index in [1.54, 1.807) is 0 Å². The van der Waals surface area contributed by atoms with Crippen LogP contribution in [0.1, 0.15) is 38.5 Å². The van der Waals surface area contributed by atoms with Crippen LogP contribution in [0.3, 0.4) is 0 Å². The Bertz CT molecular complexity index is 434. The van der Waals surface area contributed by atoms with Crippen LogP contribution in [0.2, 0.25) is 0 Å². The summed E-state index contributed by atoms with van der Waals surface area (Å²) in [5, 5.41) is 0. The van der Waals surface area contributed by atoms with Crippen molar-refractivity contribution >= 4 is 5.91 Å². The number of hydrogen-bond acceptors (Lipinski definition) is 4. The molecule has 3 heterocycles. The molecule has 1 amide bonds. The van der Waals surface area contributed by atoms with E-state index in [0.29, 0.717) is 0 Å². The Morgan fingerprint density at radius 1 is 1.09 bits per heavy atom. The van der Waals surface area contributed by atoms with Gasteiger partial charge in [-0.1, -0.05) is 0 Å². The van der Waals surface area contributed by atoms with E-state index in [-0.39, 0.29) is 17.4 Å². The summed E-state index contributed by atoms with van der Waals surface area (Å²) in [7, 11) is 0. The molecule has 1 saturated carbocycles. The Morgan fingerprint density at radius 3 is 2.78 bits per heavy atom. The van der Waals surface area contributed by atoms with Gasteiger partial charge in [-0.2, -0.15) is 0 Å². The minimum Gasteiger partial charge on any atom is -0.379 e. The van der Waals surface area contributed by atoms with Gasteiger partial charge in [-0.05, 0) is 44.4 Å². The lowest BCUT2D eigenvalue weighted by Crippen LogP contribution is -2.54. The monoisotopic (exact) mass is 322 g/mol. The standard InChI is InChI=1S/C18H30N2O3/c21-17(16-3-1-9-23-16)20-7-2-6-18(13-20)12-19(8-10-22-14-18)11-15-4-5-15/h15-16H,1-14H2. The number of carbonyl (C=O) groups is 1. The predicted molar refractivity (Wildman–Crippen MR) is 87.2 cm³/mol. The first kappa shape index (κ1) is 15.9. The molecule has 5 heteroatoms. The van der Waals surface area contributed by atoms with E-state index < -0.39 is 0 Å². The van der Waals surface area contributed by atoms with E-state index >= 15 is 0 Å². The second kappa shape index (κ2) is 6.69. The van der Waals surface area contributed by atoms with Crippen molar-refractivity contribution in [1.82, 2.24) is 9.80 Å². The van der Waals surface area contributed by atoms with E-state index in [2.05, 4.69) is 9.80 Å². The van der Waals surface area contributed by atoms with Crippen molar-refractivity contribution in [2.75, 3.05) is 52.5 Å². The van der Waals surface area contributed by atoms with Gasteiger partial charge in [0.2, 0.25) is 0 Å². The van der Waals surface area contributed by atoms with Gasteiger partial charge in [0.15, 0.2) is 0 Å². The van der Waals surface area contributed by atoms with Gasteiger partial charge in [0.25, 0.3) is 5.91 Å². The molecule has 5 nitrogen and oxygen atoms in total. The fourth-order valence-corrected chi connectivity index (χ4v) is 4.52. The highest BCUT2D eigenvalue weighted by molar-refractivity contribution is 5.81. The minimum absolute atomic E-state index is 0.137. The zero-order valence-corrected chi connectivity index (χ0v) is 14.2. The Balaban J connectivity index is 1.41. The van der Waals surface area contributed by atoms with Crippen LogP contribution in [0.4, 0.5) is 0 Å². The van der Waals surface area contributed by atoms with Crippen LogP contribution in [-0.4, -0.2) is 74.4 Å². The van der Waals surface area contributed by atoms with Gasteiger partial charge in [0, 0.05) is 44.7 Å². The highest BCUT2D eigenvalue weighted by atomic mass is 16.5. The van der Waals surface area contributed by atoms with Gasteiger partial charge in [0.1, 0.15) is 6.10 Å². The quantitative estimate of drug-likeness (QED) is 0.790. The van der Waals surface area contributed by atoms with Crippen LogP contribution in [0.15, 0.2) is 0 Å². The summed E-state index contributed by atoms with van der Waals surface area (Å²) in [6.45, 7) is 7.52. The average molecular weight is 322 g/mol. The first-order valence-corrected chi connectivity index (χ1v) is 9.45. The van der Waals surface area contributed by atoms with Gasteiger partial charge in [0.05, 0.1) is 13.2 Å². The Hall–Kier alpha value is -0.650. The summed E-state index contributed by atoms with van der Waals surface area (Å²) < 4.78 is 11.6. The smallest absolute Gasteiger partial charge is 0.251 e. The molecule has 0 aromatic rings. The molecule has 0 aromatic carbocycles. The molecule has 3 saturated heterocycles. The predicted octanol–water partition coefficient (Wildman–Crippen LogP) is 1.52. The molecule has 0 N–H and O–H groups in total. The van der Waals surface area contributed by atoms with Crippen molar-refractivity contribution in [2.45, 2.75) is 44.6 Å². The zero-order valence-electron chi connectivity index (χ0n) is 14.2. The summed E-state index contributed by atoms with van der Waals surface area (Å²) in [5.74, 6) is 1.14. The Labute approximate surface area is 139 Å². The van der Waals surface area contributed by atoms with Gasteiger partial charge in [-0.3, -0.25) is 4.79 Å². The van der Waals surface area contributed by atoms with Gasteiger partial charge in [-0.15, -0.1) is 0 Å². The number of amides is 1. The molecule has 1 aliphatic carbocycles. The van der Waals surface area contributed by atoms with E-state index in [0.717, 1.165) is 71.2 Å². The first-order chi connectivity index (χ1) is 11.2. The number of piperidine rings is 1. The molecule has 0 aromatic heterocycles. The van der Waals surface area contributed by atoms with Crippen molar-refractivity contribution < 1.29 is 14.3 Å². The van der Waals surface area contributed by atoms with Crippen molar-refractivity contribution in [3.63, 3.8) is 0 Å². The van der Waals surface area contributed by atoms with Crippen molar-refractivity contribution in [1.29, 1.82) is 0 Å². The molecular formula is C18H30N2O3. The van der Waals surface area contributed by atoms with E-state index in [9.17, 15) is 4.79 Å². The fourth-order valence-electron chi connectivity index (χ4n) is 4.52. The normalized spacial score (nSPS) is 36.3. The van der Waals surface area contributed by atoms with Crippen LogP contribution < -0.4 is 0 Å². The molecule has 130 valence electrons. The molecule has 3 aliphatic heterocycles. The molecule has 23 heavy (non-hydrogen) atoms. The summed E-state index contributed by atoms with van der Waals surface area (Å²) in [4.78, 5) is 17.4. The second-order valence-electron chi connectivity index (χ2n) is 8.10. The zero-order chi connectivity index (χ0) is 15.7. The number of carbonyl (C=O) groups excluding carboxylic acids is 1. The third-order valence-corrected chi connectivity index (χ3v) is 5.91. The molecule has 4 fully saturated rings. The molecule has 2 unspecified atom stereocenters. The number of likely N-dealkylation sites (tertiary alicyclic amines) is 1. The highest BCUT2D eigenvalue weighted by Crippen LogP contribution is 2.36. The van der Waals surface area contributed by atoms with Crippen LogP contribution in [0.25, 0.3) is 0 Å². The van der Waals surface area contributed by atoms with Crippen molar-refractivity contribution in [2.24, 2.45) is 11.3 Å². The summed E-state index contributed by atoms with van der Waals surface area (Å²) >= 11 is 0. The maximum absolute atomic E-state index is 12.7. The van der Waals surface area contributed by atoms with Crippen LogP contribution in [0.5, 0.6) is 0 Å². The lowest BCUT2D eigenvalue weighted by molar-refractivity contribution is -0.145. The van der Waals surface area contributed by atoms with E-state index in [1.165, 1.54) is 25.8 Å². The highest BCUT2D eigenvalue weighted by Gasteiger charge is 2.42. The van der Waals surface area contributed by atoms with E-state index in [1.807, 2.05) is 0 Å². The summed E-state index contributed by atoms with van der Waals surface area (Å²) in [5.41, 5.74) is 0.137. The molecule has 0 radical (unpaired) electrons. The molecular weight excluding hydrogens is 292 g/mol. The largest absolute Gasteiger partial charge is 0.379 e. The average Bonchev–Trinajstić information content (AvgIpc) is 3.24. The van der Waals surface area contributed by atoms with Crippen LogP contribution in [0, 0.1) is 11.3 Å². The third kappa shape index (κ3) is 3.72. The minimum atomic E-state index is -0.181. The number of ether oxygens (including phenoxy) is 2.